The number of ether oxygens (including phenoxy) is 1. The third-order valence-electron chi connectivity index (χ3n) is 6.75. The summed E-state index contributed by atoms with van der Waals surface area (Å²) in [6.07, 6.45) is 3.93. The van der Waals surface area contributed by atoms with Crippen molar-refractivity contribution in [2.75, 3.05) is 63.2 Å². The molecule has 10 nitrogen and oxygen atoms in total. The molecule has 0 unspecified atom stereocenters. The second-order valence-corrected chi connectivity index (χ2v) is 9.01. The van der Waals surface area contributed by atoms with Gasteiger partial charge >= 0.3 is 6.03 Å². The number of morpholine rings is 1. The van der Waals surface area contributed by atoms with Gasteiger partial charge in [0.2, 0.25) is 0 Å². The minimum Gasteiger partial charge on any atom is -0.378 e. The van der Waals surface area contributed by atoms with Crippen molar-refractivity contribution in [2.24, 2.45) is 0 Å². The number of aromatic nitrogens is 4. The summed E-state index contributed by atoms with van der Waals surface area (Å²) in [6.45, 7) is 7.61. The molecule has 2 saturated heterocycles. The summed E-state index contributed by atoms with van der Waals surface area (Å²) in [5.41, 5.74) is 2.45. The maximum atomic E-state index is 11.7. The molecule has 1 aromatic carbocycles. The molecule has 2 N–H and O–H groups in total. The fourth-order valence-electron chi connectivity index (χ4n) is 4.73. The lowest BCUT2D eigenvalue weighted by Gasteiger charge is -2.31. The van der Waals surface area contributed by atoms with Gasteiger partial charge in [-0.25, -0.2) is 19.4 Å². The molecule has 0 spiro atoms. The van der Waals surface area contributed by atoms with Crippen LogP contribution in [-0.2, 0) is 4.74 Å². The number of fused-ring (bicyclic) bond motifs is 1. The molecule has 2 aliphatic heterocycles. The predicted molar refractivity (Wildman–Crippen MR) is 140 cm³/mol. The Kier molecular flexibility index (Phi) is 7.30. The van der Waals surface area contributed by atoms with Crippen molar-refractivity contribution in [1.82, 2.24) is 30.0 Å². The van der Waals surface area contributed by atoms with Gasteiger partial charge in [0.1, 0.15) is 5.82 Å². The van der Waals surface area contributed by atoms with Crippen LogP contribution in [0.2, 0.25) is 0 Å². The zero-order valence-electron chi connectivity index (χ0n) is 20.8. The van der Waals surface area contributed by atoms with Crippen molar-refractivity contribution in [3.63, 3.8) is 0 Å². The van der Waals surface area contributed by atoms with Gasteiger partial charge in [-0.3, -0.25) is 4.90 Å². The van der Waals surface area contributed by atoms with Crippen LogP contribution in [0.25, 0.3) is 22.4 Å². The first-order valence-electron chi connectivity index (χ1n) is 12.5. The maximum Gasteiger partial charge on any atom is 0.318 e. The van der Waals surface area contributed by atoms with Crippen LogP contribution >= 0.6 is 0 Å². The molecule has 4 heterocycles. The molecule has 2 amide bonds. The van der Waals surface area contributed by atoms with Gasteiger partial charge in [-0.05, 0) is 44.0 Å². The van der Waals surface area contributed by atoms with E-state index in [4.69, 9.17) is 19.8 Å². The lowest BCUT2D eigenvalue weighted by Crippen LogP contribution is -2.37. The highest BCUT2D eigenvalue weighted by Crippen LogP contribution is 2.32. The number of carbonyl (C=O) groups is 1. The van der Waals surface area contributed by atoms with Crippen LogP contribution in [0, 0.1) is 11.8 Å². The van der Waals surface area contributed by atoms with Crippen molar-refractivity contribution in [3.05, 3.63) is 30.5 Å². The van der Waals surface area contributed by atoms with Crippen LogP contribution in [0.1, 0.15) is 25.8 Å². The standard InChI is InChI=1S/C26H32N8O2/c1-3-4-11-32-12-9-21(10-13-32)34-25-22(18-28-34)24(33-14-16-36-17-15-33)30-23(31-25)19-5-7-20(8-6-19)29-26(35)27-2/h5-8,18,21H,9-17H2,1-2H3,(H2,27,29,35). The van der Waals surface area contributed by atoms with E-state index in [0.717, 1.165) is 68.0 Å². The van der Waals surface area contributed by atoms with Crippen LogP contribution in [0.15, 0.2) is 30.5 Å². The molecular weight excluding hydrogens is 456 g/mol. The number of benzene rings is 1. The van der Waals surface area contributed by atoms with Gasteiger partial charge in [0, 0.05) is 44.5 Å². The molecular formula is C26H32N8O2. The number of nitrogens with zero attached hydrogens (tertiary/aromatic N) is 6. The fourth-order valence-corrected chi connectivity index (χ4v) is 4.73. The molecule has 3 aromatic rings. The van der Waals surface area contributed by atoms with E-state index in [2.05, 4.69) is 37.0 Å². The number of piperidine rings is 1. The molecule has 0 saturated carbocycles. The van der Waals surface area contributed by atoms with Crippen LogP contribution in [0.3, 0.4) is 0 Å². The van der Waals surface area contributed by atoms with Gasteiger partial charge in [0.25, 0.3) is 0 Å². The average molecular weight is 489 g/mol. The Morgan fingerprint density at radius 3 is 2.56 bits per heavy atom. The minimum atomic E-state index is -0.258. The summed E-state index contributed by atoms with van der Waals surface area (Å²) in [5, 5.41) is 11.1. The van der Waals surface area contributed by atoms with E-state index in [9.17, 15) is 4.79 Å². The summed E-state index contributed by atoms with van der Waals surface area (Å²) < 4.78 is 7.67. The molecule has 10 heteroatoms. The zero-order chi connectivity index (χ0) is 24.9. The average Bonchev–Trinajstić information content (AvgIpc) is 3.36. The first-order chi connectivity index (χ1) is 17.7. The quantitative estimate of drug-likeness (QED) is 0.533. The van der Waals surface area contributed by atoms with Gasteiger partial charge in [-0.1, -0.05) is 5.92 Å². The van der Waals surface area contributed by atoms with Gasteiger partial charge < -0.3 is 20.3 Å². The van der Waals surface area contributed by atoms with Gasteiger partial charge in [0.05, 0.1) is 37.4 Å². The number of nitrogens with one attached hydrogen (secondary N) is 2. The SMILES string of the molecule is CC#CCN1CCC(n2ncc3c(N4CCOCC4)nc(-c4ccc(NC(=O)NC)cc4)nc32)CC1. The number of anilines is 2. The van der Waals surface area contributed by atoms with Crippen molar-refractivity contribution in [2.45, 2.75) is 25.8 Å². The third-order valence-corrected chi connectivity index (χ3v) is 6.75. The van der Waals surface area contributed by atoms with E-state index >= 15 is 0 Å². The Labute approximate surface area is 211 Å². The van der Waals surface area contributed by atoms with Crippen molar-refractivity contribution in [3.8, 4) is 23.2 Å². The summed E-state index contributed by atoms with van der Waals surface area (Å²) in [4.78, 5) is 26.3. The Bertz CT molecular complexity index is 1260. The third kappa shape index (κ3) is 5.12. The van der Waals surface area contributed by atoms with E-state index in [1.54, 1.807) is 7.05 Å². The highest BCUT2D eigenvalue weighted by Gasteiger charge is 2.26. The molecule has 188 valence electrons. The van der Waals surface area contributed by atoms with E-state index in [1.165, 1.54) is 0 Å². The molecule has 2 aliphatic rings. The van der Waals surface area contributed by atoms with Crippen LogP contribution in [0.4, 0.5) is 16.3 Å². The number of rotatable bonds is 5. The lowest BCUT2D eigenvalue weighted by atomic mass is 10.1. The minimum absolute atomic E-state index is 0.258. The molecule has 2 aromatic heterocycles. The predicted octanol–water partition coefficient (Wildman–Crippen LogP) is 2.74. The van der Waals surface area contributed by atoms with Crippen molar-refractivity contribution < 1.29 is 9.53 Å². The first-order valence-corrected chi connectivity index (χ1v) is 12.5. The molecule has 0 atom stereocenters. The molecule has 0 bridgehead atoms. The van der Waals surface area contributed by atoms with Gasteiger partial charge in [-0.15, -0.1) is 5.92 Å². The highest BCUT2D eigenvalue weighted by atomic mass is 16.5. The van der Waals surface area contributed by atoms with E-state index in [-0.39, 0.29) is 12.1 Å². The number of hydrogen-bond acceptors (Lipinski definition) is 7. The van der Waals surface area contributed by atoms with Crippen LogP contribution in [-0.4, -0.2) is 83.7 Å². The zero-order valence-corrected chi connectivity index (χ0v) is 20.8. The van der Waals surface area contributed by atoms with Crippen LogP contribution in [0.5, 0.6) is 0 Å². The first kappa shape index (κ1) is 24.0. The normalized spacial score (nSPS) is 17.0. The largest absolute Gasteiger partial charge is 0.378 e. The number of likely N-dealkylation sites (tertiary alicyclic amines) is 1. The number of carbonyl (C=O) groups excluding carboxylic acids is 1. The Morgan fingerprint density at radius 1 is 1.11 bits per heavy atom. The smallest absolute Gasteiger partial charge is 0.318 e. The maximum absolute atomic E-state index is 11.7. The Morgan fingerprint density at radius 2 is 1.86 bits per heavy atom. The molecule has 0 radical (unpaired) electrons. The van der Waals surface area contributed by atoms with E-state index < -0.39 is 0 Å². The van der Waals surface area contributed by atoms with Crippen LogP contribution < -0.4 is 15.5 Å². The molecule has 36 heavy (non-hydrogen) atoms. The van der Waals surface area contributed by atoms with Gasteiger partial charge in [-0.2, -0.15) is 5.10 Å². The topological polar surface area (TPSA) is 100 Å². The summed E-state index contributed by atoms with van der Waals surface area (Å²) in [5.74, 6) is 7.71. The summed E-state index contributed by atoms with van der Waals surface area (Å²) in [6, 6.07) is 7.62. The highest BCUT2D eigenvalue weighted by molar-refractivity contribution is 5.90. The van der Waals surface area contributed by atoms with Crippen molar-refractivity contribution >= 4 is 28.6 Å². The van der Waals surface area contributed by atoms with Gasteiger partial charge in [0.15, 0.2) is 11.5 Å². The van der Waals surface area contributed by atoms with E-state index in [1.807, 2.05) is 37.4 Å². The van der Waals surface area contributed by atoms with Crippen molar-refractivity contribution in [1.29, 1.82) is 0 Å². The van der Waals surface area contributed by atoms with E-state index in [0.29, 0.717) is 24.7 Å². The second-order valence-electron chi connectivity index (χ2n) is 9.01. The molecule has 5 rings (SSSR count). The fraction of sp³-hybridized carbons (Fsp3) is 0.462. The summed E-state index contributed by atoms with van der Waals surface area (Å²) >= 11 is 0. The molecule has 0 aliphatic carbocycles. The lowest BCUT2D eigenvalue weighted by molar-refractivity contribution is 0.122. The molecule has 2 fully saturated rings. The Hall–Kier alpha value is -3.68. The number of amides is 2. The number of hydrogen-bond donors (Lipinski definition) is 2. The second kappa shape index (κ2) is 10.9. The monoisotopic (exact) mass is 488 g/mol. The number of urea groups is 1. The summed E-state index contributed by atoms with van der Waals surface area (Å²) in [7, 11) is 1.59. The Balaban J connectivity index is 1.49.